The van der Waals surface area contributed by atoms with E-state index in [1.165, 1.54) is 12.1 Å². The highest BCUT2D eigenvalue weighted by Crippen LogP contribution is 2.06. The molecule has 66 valence electrons. The third kappa shape index (κ3) is 4.35. The van der Waals surface area contributed by atoms with Crippen molar-refractivity contribution in [2.45, 2.75) is 25.2 Å². The Morgan fingerprint density at radius 3 is 2.45 bits per heavy atom. The first kappa shape index (κ1) is 9.83. The van der Waals surface area contributed by atoms with E-state index in [-0.39, 0.29) is 8.80 Å². The van der Waals surface area contributed by atoms with Gasteiger partial charge in [0.15, 0.2) is 0 Å². The molecule has 0 aliphatic carbocycles. The molecular formula is C4H16O3Si4. The first-order valence-electron chi connectivity index (χ1n) is 4.10. The van der Waals surface area contributed by atoms with E-state index in [1.54, 1.807) is 0 Å². The molecule has 0 spiro atoms. The molecule has 0 saturated carbocycles. The average molecular weight is 225 g/mol. The van der Waals surface area contributed by atoms with E-state index in [9.17, 15) is 0 Å². The summed E-state index contributed by atoms with van der Waals surface area (Å²) >= 11 is 0. The quantitative estimate of drug-likeness (QED) is 0.561. The maximum absolute atomic E-state index is 5.52. The van der Waals surface area contributed by atoms with Crippen molar-refractivity contribution in [3.8, 4) is 0 Å². The van der Waals surface area contributed by atoms with Gasteiger partial charge in [0.1, 0.15) is 0 Å². The highest BCUT2D eigenvalue weighted by atomic mass is 28.4. The Labute approximate surface area is 76.0 Å². The van der Waals surface area contributed by atoms with Crippen LogP contribution < -0.4 is 0 Å². The predicted octanol–water partition coefficient (Wildman–Crippen LogP) is -1.25. The Bertz CT molecular complexity index is 106. The minimum atomic E-state index is -1.15. The van der Waals surface area contributed by atoms with Crippen LogP contribution in [0.4, 0.5) is 0 Å². The number of hydrogen-bond acceptors (Lipinski definition) is 3. The molecule has 0 unspecified atom stereocenters. The fourth-order valence-corrected chi connectivity index (χ4v) is 11.3. The molecule has 0 N–H and O–H groups in total. The first-order valence-corrected chi connectivity index (χ1v) is 11.3. The second-order valence-corrected chi connectivity index (χ2v) is 12.7. The molecule has 0 radical (unpaired) electrons. The Balaban J connectivity index is 2.05. The van der Waals surface area contributed by atoms with Crippen LogP contribution in [-0.2, 0) is 12.3 Å². The fourth-order valence-electron chi connectivity index (χ4n) is 0.966. The molecular weight excluding hydrogens is 208 g/mol. The van der Waals surface area contributed by atoms with E-state index in [0.29, 0.717) is 0 Å². The number of hydrogen-bond donors (Lipinski definition) is 0. The van der Waals surface area contributed by atoms with Crippen molar-refractivity contribution in [3.63, 3.8) is 0 Å². The van der Waals surface area contributed by atoms with Crippen molar-refractivity contribution in [3.05, 3.63) is 0 Å². The van der Waals surface area contributed by atoms with Gasteiger partial charge in [-0.05, 0) is 6.04 Å². The first-order chi connectivity index (χ1) is 5.29. The van der Waals surface area contributed by atoms with Crippen LogP contribution >= 0.6 is 0 Å². The lowest BCUT2D eigenvalue weighted by molar-refractivity contribution is 0.323. The summed E-state index contributed by atoms with van der Waals surface area (Å²) in [5.74, 6) is 0. The van der Waals surface area contributed by atoms with Crippen molar-refractivity contribution in [2.24, 2.45) is 0 Å². The zero-order chi connectivity index (χ0) is 8.10. The number of rotatable bonds is 3. The van der Waals surface area contributed by atoms with Gasteiger partial charge in [0.2, 0.25) is 0 Å². The van der Waals surface area contributed by atoms with Crippen LogP contribution in [0.3, 0.4) is 0 Å². The van der Waals surface area contributed by atoms with Crippen LogP contribution in [-0.4, -0.2) is 38.1 Å². The van der Waals surface area contributed by atoms with Gasteiger partial charge >= 0.3 is 9.28 Å². The second kappa shape index (κ2) is 5.40. The van der Waals surface area contributed by atoms with Gasteiger partial charge in [0.05, 0.1) is 0 Å². The van der Waals surface area contributed by atoms with E-state index in [0.717, 1.165) is 0 Å². The smallest absolute Gasteiger partial charge is 0.302 e. The van der Waals surface area contributed by atoms with Gasteiger partial charge in [0.25, 0.3) is 20.0 Å². The summed E-state index contributed by atoms with van der Waals surface area (Å²) in [6.07, 6.45) is 0. The van der Waals surface area contributed by atoms with E-state index in [4.69, 9.17) is 12.3 Å². The standard InChI is InChI=1S/C4H16O3Si4/c1-10(2)3-4-11-6-8-5-9-7-11/h10-11H,3-4,8-9H2,1-2H3. The van der Waals surface area contributed by atoms with E-state index in [2.05, 4.69) is 13.1 Å². The molecule has 7 heteroatoms. The van der Waals surface area contributed by atoms with Gasteiger partial charge in [-0.15, -0.1) is 0 Å². The van der Waals surface area contributed by atoms with Gasteiger partial charge in [0, 0.05) is 8.80 Å². The van der Waals surface area contributed by atoms with Crippen molar-refractivity contribution in [1.82, 2.24) is 0 Å². The average Bonchev–Trinajstić information content (AvgIpc) is 2.03. The highest BCUT2D eigenvalue weighted by molar-refractivity contribution is 6.64. The summed E-state index contributed by atoms with van der Waals surface area (Å²) in [6.45, 7) is 4.76. The Hall–Kier alpha value is 0.748. The normalized spacial score (nSPS) is 30.3. The Morgan fingerprint density at radius 1 is 1.27 bits per heavy atom. The molecule has 1 aliphatic heterocycles. The molecule has 1 aliphatic rings. The molecule has 0 atom stereocenters. The summed E-state index contributed by atoms with van der Waals surface area (Å²) in [5.41, 5.74) is 0. The van der Waals surface area contributed by atoms with Gasteiger partial charge in [-0.2, -0.15) is 0 Å². The zero-order valence-electron chi connectivity index (χ0n) is 7.21. The lowest BCUT2D eigenvalue weighted by Crippen LogP contribution is -2.35. The zero-order valence-corrected chi connectivity index (χ0v) is 12.3. The molecule has 1 rings (SSSR count). The largest absolute Gasteiger partial charge is 0.425 e. The van der Waals surface area contributed by atoms with Crippen LogP contribution in [0.2, 0.25) is 25.2 Å². The van der Waals surface area contributed by atoms with Crippen LogP contribution in [0.15, 0.2) is 0 Å². The van der Waals surface area contributed by atoms with E-state index >= 15 is 0 Å². The van der Waals surface area contributed by atoms with Gasteiger partial charge in [-0.25, -0.2) is 0 Å². The highest BCUT2D eigenvalue weighted by Gasteiger charge is 2.17. The summed E-state index contributed by atoms with van der Waals surface area (Å²) < 4.78 is 16.2. The van der Waals surface area contributed by atoms with E-state index in [1.807, 2.05) is 0 Å². The third-order valence-electron chi connectivity index (χ3n) is 1.65. The van der Waals surface area contributed by atoms with Crippen molar-refractivity contribution in [2.75, 3.05) is 0 Å². The third-order valence-corrected chi connectivity index (χ3v) is 10.0. The molecule has 1 fully saturated rings. The van der Waals surface area contributed by atoms with Crippen LogP contribution in [0, 0.1) is 0 Å². The minimum absolute atomic E-state index is 0.377. The topological polar surface area (TPSA) is 27.7 Å². The molecule has 11 heavy (non-hydrogen) atoms. The Morgan fingerprint density at radius 2 is 1.91 bits per heavy atom. The lowest BCUT2D eigenvalue weighted by Gasteiger charge is -2.22. The van der Waals surface area contributed by atoms with Gasteiger partial charge in [-0.1, -0.05) is 19.1 Å². The Kier molecular flexibility index (Phi) is 4.83. The second-order valence-electron chi connectivity index (χ2n) is 3.17. The molecule has 1 heterocycles. The summed E-state index contributed by atoms with van der Waals surface area (Å²) in [6, 6.07) is 2.63. The molecule has 0 aromatic rings. The molecule has 0 aromatic carbocycles. The maximum Gasteiger partial charge on any atom is 0.302 e. The van der Waals surface area contributed by atoms with Gasteiger partial charge < -0.3 is 12.3 Å². The maximum atomic E-state index is 5.52. The van der Waals surface area contributed by atoms with Crippen LogP contribution in [0.25, 0.3) is 0 Å². The van der Waals surface area contributed by atoms with E-state index < -0.39 is 29.3 Å². The van der Waals surface area contributed by atoms with Crippen LogP contribution in [0.1, 0.15) is 0 Å². The molecule has 0 bridgehead atoms. The SMILES string of the molecule is C[SiH](C)CC[SiH]1O[SiH2]O[SiH2]O1. The molecule has 0 amide bonds. The van der Waals surface area contributed by atoms with Crippen molar-refractivity contribution >= 4 is 38.1 Å². The van der Waals surface area contributed by atoms with Gasteiger partial charge in [-0.3, -0.25) is 0 Å². The summed E-state index contributed by atoms with van der Waals surface area (Å²) in [4.78, 5) is 0. The molecule has 3 nitrogen and oxygen atoms in total. The minimum Gasteiger partial charge on any atom is -0.425 e. The molecule has 1 saturated heterocycles. The van der Waals surface area contributed by atoms with Crippen LogP contribution in [0.5, 0.6) is 0 Å². The summed E-state index contributed by atoms with van der Waals surface area (Å²) in [7, 11) is -2.67. The fraction of sp³-hybridized carbons (Fsp3) is 1.00. The lowest BCUT2D eigenvalue weighted by atomic mass is 10.9. The van der Waals surface area contributed by atoms with Crippen molar-refractivity contribution < 1.29 is 12.3 Å². The monoisotopic (exact) mass is 224 g/mol. The summed E-state index contributed by atoms with van der Waals surface area (Å²) in [5, 5.41) is 0. The van der Waals surface area contributed by atoms with Crippen molar-refractivity contribution in [1.29, 1.82) is 0 Å². The molecule has 0 aromatic heterocycles. The predicted molar refractivity (Wildman–Crippen MR) is 56.0 cm³/mol.